The SMILES string of the molecule is C[C@@H](Cc1ccc(O)cc1)N(C)C(=O)Cc1c(F)cccc1F. The van der Waals surface area contributed by atoms with Crippen molar-refractivity contribution in [2.45, 2.75) is 25.8 Å². The van der Waals surface area contributed by atoms with E-state index in [2.05, 4.69) is 0 Å². The Bertz CT molecular complexity index is 666. The first-order chi connectivity index (χ1) is 10.9. The minimum absolute atomic E-state index is 0.137. The van der Waals surface area contributed by atoms with Gasteiger partial charge in [0, 0.05) is 18.7 Å². The van der Waals surface area contributed by atoms with Crippen molar-refractivity contribution in [1.29, 1.82) is 0 Å². The van der Waals surface area contributed by atoms with Gasteiger partial charge < -0.3 is 10.0 Å². The number of carbonyl (C=O) groups excluding carboxylic acids is 1. The summed E-state index contributed by atoms with van der Waals surface area (Å²) < 4.78 is 27.3. The third kappa shape index (κ3) is 4.28. The molecule has 122 valence electrons. The lowest BCUT2D eigenvalue weighted by Gasteiger charge is -2.25. The van der Waals surface area contributed by atoms with Crippen molar-refractivity contribution in [2.75, 3.05) is 7.05 Å². The van der Waals surface area contributed by atoms with Crippen molar-refractivity contribution in [3.05, 3.63) is 65.2 Å². The highest BCUT2D eigenvalue weighted by Crippen LogP contribution is 2.16. The smallest absolute Gasteiger partial charge is 0.227 e. The average molecular weight is 319 g/mol. The summed E-state index contributed by atoms with van der Waals surface area (Å²) in [6.07, 6.45) is 0.275. The van der Waals surface area contributed by atoms with E-state index in [0.717, 1.165) is 17.7 Å². The second-order valence-corrected chi connectivity index (χ2v) is 5.60. The lowest BCUT2D eigenvalue weighted by molar-refractivity contribution is -0.131. The van der Waals surface area contributed by atoms with Gasteiger partial charge in [0.2, 0.25) is 5.91 Å². The Balaban J connectivity index is 2.02. The summed E-state index contributed by atoms with van der Waals surface area (Å²) in [5, 5.41) is 9.27. The third-order valence-electron chi connectivity index (χ3n) is 3.91. The highest BCUT2D eigenvalue weighted by molar-refractivity contribution is 5.79. The third-order valence-corrected chi connectivity index (χ3v) is 3.91. The lowest BCUT2D eigenvalue weighted by Crippen LogP contribution is -2.37. The van der Waals surface area contributed by atoms with Crippen LogP contribution in [0.3, 0.4) is 0 Å². The van der Waals surface area contributed by atoms with Gasteiger partial charge in [0.25, 0.3) is 0 Å². The Morgan fingerprint density at radius 1 is 1.13 bits per heavy atom. The van der Waals surface area contributed by atoms with Gasteiger partial charge in [0.05, 0.1) is 6.42 Å². The normalized spacial score (nSPS) is 12.0. The van der Waals surface area contributed by atoms with Crippen LogP contribution in [0.15, 0.2) is 42.5 Å². The molecule has 0 saturated carbocycles. The van der Waals surface area contributed by atoms with Crippen molar-refractivity contribution in [2.24, 2.45) is 0 Å². The average Bonchev–Trinajstić information content (AvgIpc) is 2.52. The zero-order valence-electron chi connectivity index (χ0n) is 13.1. The Morgan fingerprint density at radius 2 is 1.70 bits per heavy atom. The molecule has 5 heteroatoms. The molecule has 2 aromatic rings. The molecule has 0 unspecified atom stereocenters. The van der Waals surface area contributed by atoms with Crippen molar-refractivity contribution in [3.8, 4) is 5.75 Å². The molecule has 0 aliphatic carbocycles. The predicted octanol–water partition coefficient (Wildman–Crippen LogP) is 3.30. The van der Waals surface area contributed by atoms with Crippen LogP contribution in [0.2, 0.25) is 0 Å². The maximum absolute atomic E-state index is 13.6. The van der Waals surface area contributed by atoms with Gasteiger partial charge in [-0.1, -0.05) is 18.2 Å². The first-order valence-electron chi connectivity index (χ1n) is 7.35. The molecule has 0 fully saturated rings. The molecule has 0 radical (unpaired) electrons. The molecule has 2 aromatic carbocycles. The molecule has 1 amide bonds. The van der Waals surface area contributed by atoms with Crippen molar-refractivity contribution < 1.29 is 18.7 Å². The van der Waals surface area contributed by atoms with E-state index in [9.17, 15) is 18.7 Å². The van der Waals surface area contributed by atoms with Crippen LogP contribution in [0, 0.1) is 11.6 Å². The predicted molar refractivity (Wildman–Crippen MR) is 84.1 cm³/mol. The Labute approximate surface area is 134 Å². The molecule has 0 aromatic heterocycles. The van der Waals surface area contributed by atoms with Crippen LogP contribution in [-0.2, 0) is 17.6 Å². The van der Waals surface area contributed by atoms with Gasteiger partial charge in [-0.3, -0.25) is 4.79 Å². The van der Waals surface area contributed by atoms with Crippen molar-refractivity contribution >= 4 is 5.91 Å². The maximum atomic E-state index is 13.6. The van der Waals surface area contributed by atoms with Gasteiger partial charge in [-0.05, 0) is 43.2 Å². The first kappa shape index (κ1) is 16.9. The number of amides is 1. The molecule has 0 heterocycles. The van der Waals surface area contributed by atoms with E-state index in [0.29, 0.717) is 6.42 Å². The van der Waals surface area contributed by atoms with Crippen LogP contribution in [0.25, 0.3) is 0 Å². The van der Waals surface area contributed by atoms with Crippen molar-refractivity contribution in [1.82, 2.24) is 4.90 Å². The summed E-state index contributed by atoms with van der Waals surface area (Å²) in [6.45, 7) is 1.86. The van der Waals surface area contributed by atoms with E-state index in [4.69, 9.17) is 0 Å². The van der Waals surface area contributed by atoms with E-state index < -0.39 is 11.6 Å². The quantitative estimate of drug-likeness (QED) is 0.918. The number of hydrogen-bond acceptors (Lipinski definition) is 2. The summed E-state index contributed by atoms with van der Waals surface area (Å²) in [4.78, 5) is 13.7. The number of benzene rings is 2. The lowest BCUT2D eigenvalue weighted by atomic mass is 10.0. The Hall–Kier alpha value is -2.43. The van der Waals surface area contributed by atoms with Crippen LogP contribution < -0.4 is 0 Å². The summed E-state index contributed by atoms with van der Waals surface area (Å²) in [7, 11) is 1.62. The molecule has 1 N–H and O–H groups in total. The standard InChI is InChI=1S/C18H19F2NO2/c1-12(10-13-6-8-14(22)9-7-13)21(2)18(23)11-15-16(19)4-3-5-17(15)20/h3-9,12,22H,10-11H2,1-2H3/t12-/m0/s1. The van der Waals surface area contributed by atoms with Crippen LogP contribution in [0.1, 0.15) is 18.1 Å². The number of phenolic OH excluding ortho intramolecular Hbond substituents is 1. The second-order valence-electron chi connectivity index (χ2n) is 5.60. The number of aromatic hydroxyl groups is 1. The molecular weight excluding hydrogens is 300 g/mol. The first-order valence-corrected chi connectivity index (χ1v) is 7.35. The number of carbonyl (C=O) groups is 1. The Kier molecular flexibility index (Phi) is 5.32. The van der Waals surface area contributed by atoms with Crippen LogP contribution >= 0.6 is 0 Å². The molecule has 2 rings (SSSR count). The molecule has 1 atom stereocenters. The molecule has 0 spiro atoms. The van der Waals surface area contributed by atoms with Crippen molar-refractivity contribution in [3.63, 3.8) is 0 Å². The Morgan fingerprint density at radius 3 is 2.26 bits per heavy atom. The molecule has 23 heavy (non-hydrogen) atoms. The highest BCUT2D eigenvalue weighted by atomic mass is 19.1. The van der Waals surface area contributed by atoms with E-state index in [1.807, 2.05) is 6.92 Å². The number of rotatable bonds is 5. The highest BCUT2D eigenvalue weighted by Gasteiger charge is 2.20. The molecule has 0 bridgehead atoms. The van der Waals surface area contributed by atoms with Gasteiger partial charge in [0.1, 0.15) is 17.4 Å². The molecular formula is C18H19F2NO2. The second kappa shape index (κ2) is 7.22. The van der Waals surface area contributed by atoms with Gasteiger partial charge in [-0.25, -0.2) is 8.78 Å². The number of phenols is 1. The molecule has 0 aliphatic heterocycles. The fourth-order valence-corrected chi connectivity index (χ4v) is 2.33. The molecule has 0 saturated heterocycles. The fraction of sp³-hybridized carbons (Fsp3) is 0.278. The minimum atomic E-state index is -0.710. The number of hydrogen-bond donors (Lipinski definition) is 1. The van der Waals surface area contributed by atoms with E-state index >= 15 is 0 Å². The minimum Gasteiger partial charge on any atom is -0.508 e. The molecule has 0 aliphatic rings. The fourth-order valence-electron chi connectivity index (χ4n) is 2.33. The van der Waals surface area contributed by atoms with Crippen LogP contribution in [0.4, 0.5) is 8.78 Å². The van der Waals surface area contributed by atoms with Crippen LogP contribution in [0.5, 0.6) is 5.75 Å². The van der Waals surface area contributed by atoms with Gasteiger partial charge >= 0.3 is 0 Å². The van der Waals surface area contributed by atoms with Gasteiger partial charge in [0.15, 0.2) is 0 Å². The topological polar surface area (TPSA) is 40.5 Å². The van der Waals surface area contributed by atoms with E-state index in [-0.39, 0.29) is 29.7 Å². The summed E-state index contributed by atoms with van der Waals surface area (Å²) in [5.41, 5.74) is 0.758. The summed E-state index contributed by atoms with van der Waals surface area (Å²) in [5.74, 6) is -1.59. The largest absolute Gasteiger partial charge is 0.508 e. The number of likely N-dealkylation sites (N-methyl/N-ethyl adjacent to an activating group) is 1. The number of nitrogens with zero attached hydrogens (tertiary/aromatic N) is 1. The zero-order valence-corrected chi connectivity index (χ0v) is 13.1. The monoisotopic (exact) mass is 319 g/mol. The van der Waals surface area contributed by atoms with Crippen LogP contribution in [-0.4, -0.2) is 29.0 Å². The number of halogens is 2. The maximum Gasteiger partial charge on any atom is 0.227 e. The van der Waals surface area contributed by atoms with E-state index in [1.165, 1.54) is 11.0 Å². The van der Waals surface area contributed by atoms with E-state index in [1.54, 1.807) is 31.3 Å². The van der Waals surface area contributed by atoms with Gasteiger partial charge in [-0.15, -0.1) is 0 Å². The van der Waals surface area contributed by atoms with Gasteiger partial charge in [-0.2, -0.15) is 0 Å². The summed E-state index contributed by atoms with van der Waals surface area (Å²) >= 11 is 0. The zero-order chi connectivity index (χ0) is 17.0. The molecule has 3 nitrogen and oxygen atoms in total. The summed E-state index contributed by atoms with van der Waals surface area (Å²) in [6, 6.07) is 10.1.